The molecule has 1 aromatic rings. The highest BCUT2D eigenvalue weighted by atomic mass is 19.1. The van der Waals surface area contributed by atoms with Crippen molar-refractivity contribution in [1.29, 1.82) is 0 Å². The number of allylic oxidation sites excluding steroid dienone is 2. The normalized spacial score (nSPS) is 19.9. The monoisotopic (exact) mass is 404 g/mol. The van der Waals surface area contributed by atoms with Gasteiger partial charge in [-0.2, -0.15) is 0 Å². The molecule has 0 radical (unpaired) electrons. The molecule has 29 heavy (non-hydrogen) atoms. The third kappa shape index (κ3) is 6.17. The number of hydrogen-bond donors (Lipinski definition) is 3. The molecule has 0 fully saturated rings. The average Bonchev–Trinajstić information content (AvgIpc) is 2.53. The Labute approximate surface area is 172 Å². The fourth-order valence-corrected chi connectivity index (χ4v) is 4.81. The van der Waals surface area contributed by atoms with Gasteiger partial charge in [-0.15, -0.1) is 0 Å². The highest BCUT2D eigenvalue weighted by Crippen LogP contribution is 2.53. The topological polar surface area (TPSA) is 77.8 Å². The van der Waals surface area contributed by atoms with E-state index in [4.69, 9.17) is 5.11 Å². The number of carboxylic acid groups (broad SMARTS) is 1. The van der Waals surface area contributed by atoms with E-state index in [1.165, 1.54) is 17.2 Å². The fourth-order valence-electron chi connectivity index (χ4n) is 4.81. The van der Waals surface area contributed by atoms with Gasteiger partial charge in [-0.1, -0.05) is 39.3 Å². The van der Waals surface area contributed by atoms with Crippen molar-refractivity contribution in [3.8, 4) is 0 Å². The second kappa shape index (κ2) is 8.70. The summed E-state index contributed by atoms with van der Waals surface area (Å²) < 4.78 is 13.8. The van der Waals surface area contributed by atoms with E-state index in [1.807, 2.05) is 12.1 Å². The molecule has 0 bridgehead atoms. The molecule has 0 saturated heterocycles. The number of aryl methyl sites for hydroxylation is 1. The molecule has 1 aliphatic carbocycles. The number of aliphatic hydroxyl groups excluding tert-OH is 2. The molecular weight excluding hydrogens is 371 g/mol. The van der Waals surface area contributed by atoms with Crippen LogP contribution in [0.25, 0.3) is 5.57 Å². The lowest BCUT2D eigenvalue weighted by molar-refractivity contribution is -0.131. The third-order valence-corrected chi connectivity index (χ3v) is 5.73. The molecule has 1 unspecified atom stereocenters. The molecule has 0 saturated carbocycles. The van der Waals surface area contributed by atoms with Crippen LogP contribution in [0.5, 0.6) is 0 Å². The minimum absolute atomic E-state index is 0.0853. The fraction of sp³-hybridized carbons (Fsp3) is 0.542. The maximum atomic E-state index is 13.8. The first-order valence-corrected chi connectivity index (χ1v) is 10.1. The molecule has 3 N–H and O–H groups in total. The Morgan fingerprint density at radius 3 is 2.48 bits per heavy atom. The van der Waals surface area contributed by atoms with Crippen LogP contribution in [0.15, 0.2) is 35.6 Å². The lowest BCUT2D eigenvalue weighted by Crippen LogP contribution is -2.31. The van der Waals surface area contributed by atoms with Crippen LogP contribution in [0.3, 0.4) is 0 Å². The summed E-state index contributed by atoms with van der Waals surface area (Å²) in [7, 11) is 0. The molecule has 0 aromatic heterocycles. The van der Waals surface area contributed by atoms with E-state index in [0.29, 0.717) is 24.5 Å². The van der Waals surface area contributed by atoms with Crippen LogP contribution in [-0.4, -0.2) is 27.4 Å². The summed E-state index contributed by atoms with van der Waals surface area (Å²) in [6, 6.07) is 5.22. The molecule has 0 aliphatic heterocycles. The van der Waals surface area contributed by atoms with E-state index < -0.39 is 12.1 Å². The average molecular weight is 405 g/mol. The Morgan fingerprint density at radius 1 is 1.24 bits per heavy atom. The van der Waals surface area contributed by atoms with E-state index in [-0.39, 0.29) is 28.8 Å². The van der Waals surface area contributed by atoms with Crippen molar-refractivity contribution in [1.82, 2.24) is 0 Å². The van der Waals surface area contributed by atoms with Crippen molar-refractivity contribution >= 4 is 11.5 Å². The van der Waals surface area contributed by atoms with E-state index in [2.05, 4.69) is 27.7 Å². The molecule has 1 aliphatic rings. The molecule has 0 amide bonds. The number of hydrogen-bond acceptors (Lipinski definition) is 3. The third-order valence-electron chi connectivity index (χ3n) is 5.73. The number of benzene rings is 1. The number of aliphatic carboxylic acids is 1. The Morgan fingerprint density at radius 2 is 1.90 bits per heavy atom. The van der Waals surface area contributed by atoms with Gasteiger partial charge < -0.3 is 15.3 Å². The van der Waals surface area contributed by atoms with Gasteiger partial charge in [0.25, 0.3) is 0 Å². The van der Waals surface area contributed by atoms with Gasteiger partial charge in [0.1, 0.15) is 11.6 Å². The van der Waals surface area contributed by atoms with E-state index >= 15 is 0 Å². The first-order chi connectivity index (χ1) is 13.3. The summed E-state index contributed by atoms with van der Waals surface area (Å²) in [6.45, 7) is 10.7. The summed E-state index contributed by atoms with van der Waals surface area (Å²) in [5, 5.41) is 28.7. The molecule has 0 heterocycles. The summed E-state index contributed by atoms with van der Waals surface area (Å²) in [4.78, 5) is 10.6. The van der Waals surface area contributed by atoms with Crippen molar-refractivity contribution in [2.75, 3.05) is 0 Å². The van der Waals surface area contributed by atoms with Gasteiger partial charge in [0.2, 0.25) is 0 Å². The minimum atomic E-state index is -1.23. The second-order valence-electron chi connectivity index (χ2n) is 9.69. The molecule has 5 heteroatoms. The zero-order chi connectivity index (χ0) is 22.0. The van der Waals surface area contributed by atoms with Crippen molar-refractivity contribution in [3.63, 3.8) is 0 Å². The lowest BCUT2D eigenvalue weighted by atomic mass is 9.60. The van der Waals surface area contributed by atoms with Gasteiger partial charge in [-0.05, 0) is 72.3 Å². The zero-order valence-corrected chi connectivity index (χ0v) is 18.1. The number of halogens is 1. The number of aliphatic hydroxyl groups is 2. The van der Waals surface area contributed by atoms with Gasteiger partial charge in [-0.25, -0.2) is 9.18 Å². The standard InChI is InChI=1S/C24H33FO4/c1-15-10-16(6-9-21(15)25)19-13-23(2,3)14-24(4,5)20(19)8-7-17(26)11-18(27)12-22(28)29/h6,9-10,12,17,26-27H,7-8,11,13-14H2,1-5H3,(H,28,29)/b18-12+. The Kier molecular flexibility index (Phi) is 6.94. The predicted molar refractivity (Wildman–Crippen MR) is 113 cm³/mol. The van der Waals surface area contributed by atoms with Crippen molar-refractivity contribution in [3.05, 3.63) is 52.6 Å². The molecule has 2 rings (SSSR count). The highest BCUT2D eigenvalue weighted by Gasteiger charge is 2.39. The lowest BCUT2D eigenvalue weighted by Gasteiger charge is -2.44. The van der Waals surface area contributed by atoms with Crippen LogP contribution >= 0.6 is 0 Å². The summed E-state index contributed by atoms with van der Waals surface area (Å²) >= 11 is 0. The van der Waals surface area contributed by atoms with Gasteiger partial charge in [0, 0.05) is 6.42 Å². The van der Waals surface area contributed by atoms with Crippen LogP contribution in [-0.2, 0) is 4.79 Å². The second-order valence-corrected chi connectivity index (χ2v) is 9.69. The van der Waals surface area contributed by atoms with Crippen LogP contribution in [0.1, 0.15) is 70.9 Å². The van der Waals surface area contributed by atoms with Crippen LogP contribution in [0.2, 0.25) is 0 Å². The molecule has 0 spiro atoms. The smallest absolute Gasteiger partial charge is 0.331 e. The van der Waals surface area contributed by atoms with Gasteiger partial charge >= 0.3 is 5.97 Å². The van der Waals surface area contributed by atoms with Crippen molar-refractivity contribution in [2.45, 2.75) is 72.8 Å². The number of carboxylic acids is 1. The quantitative estimate of drug-likeness (QED) is 0.397. The van der Waals surface area contributed by atoms with Crippen LogP contribution < -0.4 is 0 Å². The zero-order valence-electron chi connectivity index (χ0n) is 18.1. The van der Waals surface area contributed by atoms with E-state index in [1.54, 1.807) is 6.92 Å². The van der Waals surface area contributed by atoms with Gasteiger partial charge in [0.15, 0.2) is 0 Å². The molecule has 160 valence electrons. The van der Waals surface area contributed by atoms with Crippen molar-refractivity contribution in [2.24, 2.45) is 10.8 Å². The van der Waals surface area contributed by atoms with E-state index in [9.17, 15) is 19.4 Å². The molecule has 4 nitrogen and oxygen atoms in total. The number of rotatable bonds is 7. The van der Waals surface area contributed by atoms with E-state index in [0.717, 1.165) is 18.4 Å². The largest absolute Gasteiger partial charge is 0.512 e. The van der Waals surface area contributed by atoms with Crippen LogP contribution in [0, 0.1) is 23.6 Å². The van der Waals surface area contributed by atoms with Crippen LogP contribution in [0.4, 0.5) is 4.39 Å². The predicted octanol–water partition coefficient (Wildman–Crippen LogP) is 5.79. The van der Waals surface area contributed by atoms with Crippen molar-refractivity contribution < 1.29 is 24.5 Å². The minimum Gasteiger partial charge on any atom is -0.512 e. The first kappa shape index (κ1) is 23.1. The summed E-state index contributed by atoms with van der Waals surface area (Å²) in [5.41, 5.74) is 4.08. The molecule has 1 aromatic carbocycles. The SMILES string of the molecule is Cc1cc(C2=C(CCC(O)C/C(O)=C\C(=O)O)C(C)(C)CC(C)(C)C2)ccc1F. The first-order valence-electron chi connectivity index (χ1n) is 10.1. The maximum Gasteiger partial charge on any atom is 0.331 e. The Bertz CT molecular complexity index is 833. The highest BCUT2D eigenvalue weighted by molar-refractivity contribution is 5.80. The Hall–Kier alpha value is -2.14. The summed E-state index contributed by atoms with van der Waals surface area (Å²) in [5.74, 6) is -1.79. The summed E-state index contributed by atoms with van der Waals surface area (Å²) in [6.07, 6.45) is 2.71. The number of carbonyl (C=O) groups is 1. The molecule has 1 atom stereocenters. The molecular formula is C24H33FO4. The maximum absolute atomic E-state index is 13.8. The Balaban J connectivity index is 2.34. The van der Waals surface area contributed by atoms with Gasteiger partial charge in [0.05, 0.1) is 12.2 Å². The van der Waals surface area contributed by atoms with Gasteiger partial charge in [-0.3, -0.25) is 0 Å².